The highest BCUT2D eigenvalue weighted by atomic mass is 16.2. The zero-order valence-corrected chi connectivity index (χ0v) is 24.6. The van der Waals surface area contributed by atoms with Crippen molar-refractivity contribution in [1.29, 1.82) is 0 Å². The van der Waals surface area contributed by atoms with Gasteiger partial charge in [-0.1, -0.05) is 76.2 Å². The summed E-state index contributed by atoms with van der Waals surface area (Å²) in [5, 5.41) is 9.53. The highest BCUT2D eigenvalue weighted by molar-refractivity contribution is 5.87. The lowest BCUT2D eigenvalue weighted by atomic mass is 9.91. The average molecular weight is 529 g/mol. The highest BCUT2D eigenvalue weighted by Crippen LogP contribution is 2.29. The van der Waals surface area contributed by atoms with Gasteiger partial charge in [0.2, 0.25) is 5.91 Å². The SMILES string of the molecule is CC(C)CN(CCC[C@H](NC1CCCc2cccnc21)C(=O)N[C@H](C)c1cccc2ccccc12)CC(C)C. The van der Waals surface area contributed by atoms with Crippen molar-refractivity contribution in [1.82, 2.24) is 20.5 Å². The van der Waals surface area contributed by atoms with Crippen molar-refractivity contribution in [3.05, 3.63) is 77.6 Å². The van der Waals surface area contributed by atoms with Gasteiger partial charge < -0.3 is 10.2 Å². The smallest absolute Gasteiger partial charge is 0.237 e. The summed E-state index contributed by atoms with van der Waals surface area (Å²) in [6, 6.07) is 18.7. The second-order valence-corrected chi connectivity index (χ2v) is 12.2. The minimum Gasteiger partial charge on any atom is -0.348 e. The Morgan fingerprint density at radius 3 is 2.49 bits per heavy atom. The number of hydrogen-bond acceptors (Lipinski definition) is 4. The van der Waals surface area contributed by atoms with Crippen LogP contribution in [0.3, 0.4) is 0 Å². The summed E-state index contributed by atoms with van der Waals surface area (Å²) >= 11 is 0. The number of amides is 1. The van der Waals surface area contributed by atoms with Crippen LogP contribution in [0.4, 0.5) is 0 Å². The summed E-state index contributed by atoms with van der Waals surface area (Å²) in [4.78, 5) is 21.2. The highest BCUT2D eigenvalue weighted by Gasteiger charge is 2.28. The monoisotopic (exact) mass is 528 g/mol. The van der Waals surface area contributed by atoms with E-state index in [1.54, 1.807) is 0 Å². The lowest BCUT2D eigenvalue weighted by Gasteiger charge is -2.31. The molecule has 0 aliphatic heterocycles. The summed E-state index contributed by atoms with van der Waals surface area (Å²) in [7, 11) is 0. The molecule has 0 spiro atoms. The number of benzene rings is 2. The predicted octanol–water partition coefficient (Wildman–Crippen LogP) is 6.84. The molecule has 0 saturated carbocycles. The van der Waals surface area contributed by atoms with Gasteiger partial charge in [0.1, 0.15) is 0 Å². The van der Waals surface area contributed by atoms with E-state index < -0.39 is 0 Å². The topological polar surface area (TPSA) is 57.3 Å². The molecule has 3 aromatic rings. The fourth-order valence-corrected chi connectivity index (χ4v) is 6.13. The van der Waals surface area contributed by atoms with E-state index in [1.165, 1.54) is 16.3 Å². The van der Waals surface area contributed by atoms with Crippen LogP contribution in [0.2, 0.25) is 0 Å². The van der Waals surface area contributed by atoms with E-state index in [1.807, 2.05) is 12.3 Å². The van der Waals surface area contributed by atoms with Crippen molar-refractivity contribution in [3.8, 4) is 0 Å². The average Bonchev–Trinajstić information content (AvgIpc) is 2.91. The third kappa shape index (κ3) is 8.12. The molecule has 2 N–H and O–H groups in total. The fourth-order valence-electron chi connectivity index (χ4n) is 6.13. The minimum absolute atomic E-state index is 0.0805. The van der Waals surface area contributed by atoms with Crippen LogP contribution < -0.4 is 10.6 Å². The largest absolute Gasteiger partial charge is 0.348 e. The first-order valence-corrected chi connectivity index (χ1v) is 15.0. The third-order valence-corrected chi connectivity index (χ3v) is 7.78. The number of hydrogen-bond donors (Lipinski definition) is 2. The van der Waals surface area contributed by atoms with Gasteiger partial charge in [0, 0.05) is 19.3 Å². The maximum atomic E-state index is 13.9. The van der Waals surface area contributed by atoms with Gasteiger partial charge in [0.25, 0.3) is 0 Å². The van der Waals surface area contributed by atoms with Crippen molar-refractivity contribution in [2.75, 3.05) is 19.6 Å². The van der Waals surface area contributed by atoms with Crippen LogP contribution in [0.1, 0.15) is 89.2 Å². The van der Waals surface area contributed by atoms with Crippen molar-refractivity contribution in [2.45, 2.75) is 84.8 Å². The molecule has 210 valence electrons. The van der Waals surface area contributed by atoms with Gasteiger partial charge in [-0.3, -0.25) is 15.1 Å². The van der Waals surface area contributed by atoms with E-state index in [0.717, 1.165) is 63.0 Å². The molecule has 5 heteroatoms. The maximum absolute atomic E-state index is 13.9. The first-order valence-electron chi connectivity index (χ1n) is 15.0. The standard InChI is InChI=1S/C34H48N4O/c1-24(2)22-38(23-25(3)4)21-11-19-32(37-31-18-9-14-28-15-10-20-35-33(28)31)34(39)36-26(5)29-17-8-13-27-12-6-7-16-30(27)29/h6-8,10,12-13,15-17,20,24-26,31-32,37H,9,11,14,18-19,21-23H2,1-5H3,(H,36,39)/t26-,31?,32+/m1/s1. The van der Waals surface area contributed by atoms with Crippen LogP contribution in [-0.4, -0.2) is 41.5 Å². The molecule has 1 unspecified atom stereocenters. The van der Waals surface area contributed by atoms with E-state index >= 15 is 0 Å². The van der Waals surface area contributed by atoms with Crippen LogP contribution in [0.25, 0.3) is 10.8 Å². The maximum Gasteiger partial charge on any atom is 0.237 e. The van der Waals surface area contributed by atoms with Crippen LogP contribution in [-0.2, 0) is 11.2 Å². The van der Waals surface area contributed by atoms with Crippen LogP contribution >= 0.6 is 0 Å². The summed E-state index contributed by atoms with van der Waals surface area (Å²) in [6.07, 6.45) is 6.86. The first-order chi connectivity index (χ1) is 18.8. The van der Waals surface area contributed by atoms with Gasteiger partial charge in [-0.2, -0.15) is 0 Å². The van der Waals surface area contributed by atoms with Crippen molar-refractivity contribution in [2.24, 2.45) is 11.8 Å². The molecule has 1 amide bonds. The summed E-state index contributed by atoms with van der Waals surface area (Å²) in [6.45, 7) is 14.4. The van der Waals surface area contributed by atoms with Crippen molar-refractivity contribution < 1.29 is 4.79 Å². The van der Waals surface area contributed by atoms with Crippen LogP contribution in [0.5, 0.6) is 0 Å². The second-order valence-electron chi connectivity index (χ2n) is 12.2. The molecular formula is C34H48N4O. The first kappa shape index (κ1) is 29.2. The number of pyridine rings is 1. The lowest BCUT2D eigenvalue weighted by molar-refractivity contribution is -0.124. The molecule has 3 atom stereocenters. The van der Waals surface area contributed by atoms with Gasteiger partial charge in [0.05, 0.1) is 23.8 Å². The van der Waals surface area contributed by atoms with Crippen molar-refractivity contribution >= 4 is 16.7 Å². The summed E-state index contributed by atoms with van der Waals surface area (Å²) in [5.41, 5.74) is 3.58. The molecule has 1 aliphatic rings. The Balaban J connectivity index is 1.49. The molecule has 1 heterocycles. The van der Waals surface area contributed by atoms with Crippen LogP contribution in [0, 0.1) is 11.8 Å². The quantitative estimate of drug-likeness (QED) is 0.255. The fraction of sp³-hybridized carbons (Fsp3) is 0.529. The Morgan fingerprint density at radius 1 is 0.974 bits per heavy atom. The number of nitrogens with zero attached hydrogens (tertiary/aromatic N) is 2. The molecule has 39 heavy (non-hydrogen) atoms. The normalized spacial score (nSPS) is 17.0. The molecule has 2 aromatic carbocycles. The van der Waals surface area contributed by atoms with E-state index in [-0.39, 0.29) is 24.0 Å². The Bertz CT molecular complexity index is 1190. The Morgan fingerprint density at radius 2 is 1.72 bits per heavy atom. The Hall–Kier alpha value is -2.76. The number of rotatable bonds is 13. The number of aryl methyl sites for hydroxylation is 1. The molecule has 5 nitrogen and oxygen atoms in total. The number of aromatic nitrogens is 1. The van der Waals surface area contributed by atoms with E-state index in [0.29, 0.717) is 11.8 Å². The Labute approximate surface area is 235 Å². The number of carbonyl (C=O) groups is 1. The van der Waals surface area contributed by atoms with Crippen LogP contribution in [0.15, 0.2) is 60.8 Å². The zero-order valence-electron chi connectivity index (χ0n) is 24.6. The van der Waals surface area contributed by atoms with Gasteiger partial charge in [-0.25, -0.2) is 0 Å². The third-order valence-electron chi connectivity index (χ3n) is 7.78. The molecule has 0 bridgehead atoms. The van der Waals surface area contributed by atoms with E-state index in [2.05, 4.69) is 98.7 Å². The molecule has 1 aliphatic carbocycles. The number of nitrogens with one attached hydrogen (secondary N) is 2. The zero-order chi connectivity index (χ0) is 27.8. The second kappa shape index (κ2) is 14.0. The van der Waals surface area contributed by atoms with Gasteiger partial charge in [-0.15, -0.1) is 0 Å². The minimum atomic E-state index is -0.264. The van der Waals surface area contributed by atoms with Gasteiger partial charge >= 0.3 is 0 Å². The molecule has 0 radical (unpaired) electrons. The van der Waals surface area contributed by atoms with E-state index in [4.69, 9.17) is 4.98 Å². The number of fused-ring (bicyclic) bond motifs is 2. The molecule has 0 saturated heterocycles. The summed E-state index contributed by atoms with van der Waals surface area (Å²) in [5.74, 6) is 1.34. The number of carbonyl (C=O) groups excluding carboxylic acids is 1. The van der Waals surface area contributed by atoms with Gasteiger partial charge in [-0.05, 0) is 85.4 Å². The molecule has 4 rings (SSSR count). The predicted molar refractivity (Wildman–Crippen MR) is 163 cm³/mol. The molecular weight excluding hydrogens is 480 g/mol. The molecule has 1 aromatic heterocycles. The van der Waals surface area contributed by atoms with E-state index in [9.17, 15) is 4.79 Å². The lowest BCUT2D eigenvalue weighted by Crippen LogP contribution is -2.47. The summed E-state index contributed by atoms with van der Waals surface area (Å²) < 4.78 is 0. The Kier molecular flexibility index (Phi) is 10.5. The van der Waals surface area contributed by atoms with Crippen molar-refractivity contribution in [3.63, 3.8) is 0 Å². The molecule has 0 fully saturated rings. The van der Waals surface area contributed by atoms with Gasteiger partial charge in [0.15, 0.2) is 0 Å².